The zero-order valence-corrected chi connectivity index (χ0v) is 21.9. The zero-order chi connectivity index (χ0) is 26.9. The van der Waals surface area contributed by atoms with Crippen LogP contribution in [0.15, 0.2) is 54.9 Å². The number of nitrogens with zero attached hydrogens (tertiary/aromatic N) is 3. The largest absolute Gasteiger partial charge is 0.490 e. The van der Waals surface area contributed by atoms with E-state index in [0.29, 0.717) is 29.0 Å². The molecule has 2 aliphatic rings. The third-order valence-corrected chi connectivity index (χ3v) is 7.35. The molecule has 1 aliphatic carbocycles. The van der Waals surface area contributed by atoms with Crippen molar-refractivity contribution in [1.29, 1.82) is 0 Å². The number of rotatable bonds is 5. The first-order valence-electron chi connectivity index (χ1n) is 13.0. The molecule has 0 unspecified atom stereocenters. The number of aromatic nitrogens is 2. The number of amides is 2. The highest BCUT2D eigenvalue weighted by Crippen LogP contribution is 2.39. The van der Waals surface area contributed by atoms with Gasteiger partial charge in [0.25, 0.3) is 5.91 Å². The lowest BCUT2D eigenvalue weighted by atomic mass is 9.76. The number of anilines is 1. The second-order valence-corrected chi connectivity index (χ2v) is 10.9. The summed E-state index contributed by atoms with van der Waals surface area (Å²) >= 11 is 0. The third kappa shape index (κ3) is 5.82. The van der Waals surface area contributed by atoms with Gasteiger partial charge < -0.3 is 19.7 Å². The summed E-state index contributed by atoms with van der Waals surface area (Å²) in [5, 5.41) is 6.83. The number of halogens is 1. The maximum absolute atomic E-state index is 13.5. The number of nitrogens with one attached hydrogen (secondary N) is 1. The van der Waals surface area contributed by atoms with Crippen molar-refractivity contribution >= 4 is 17.6 Å². The van der Waals surface area contributed by atoms with Gasteiger partial charge in [0.1, 0.15) is 30.0 Å². The first kappa shape index (κ1) is 25.8. The molecule has 1 aliphatic heterocycles. The topological polar surface area (TPSA) is 85.7 Å². The number of fused-ring (bicyclic) bond motifs is 1. The average molecular weight is 521 g/mol. The Hall–Kier alpha value is -3.88. The van der Waals surface area contributed by atoms with Crippen molar-refractivity contribution in [3.05, 3.63) is 71.8 Å². The fourth-order valence-corrected chi connectivity index (χ4v) is 5.00. The van der Waals surface area contributed by atoms with Gasteiger partial charge in [-0.3, -0.25) is 4.79 Å². The van der Waals surface area contributed by atoms with Crippen LogP contribution in [0.2, 0.25) is 0 Å². The minimum absolute atomic E-state index is 0.0166. The molecule has 2 aromatic carbocycles. The van der Waals surface area contributed by atoms with Crippen molar-refractivity contribution in [2.45, 2.75) is 58.1 Å². The first-order valence-corrected chi connectivity index (χ1v) is 13.0. The SMILES string of the molecule is CN1C(=O)[C@@H](NC(=O)n2cc(Cc3cccc(F)c3)cn2)COc2ccc(OC3CCC(C)(C)CC3)cc21. The van der Waals surface area contributed by atoms with Crippen molar-refractivity contribution in [3.8, 4) is 11.5 Å². The summed E-state index contributed by atoms with van der Waals surface area (Å²) in [5.74, 6) is 0.620. The van der Waals surface area contributed by atoms with Gasteiger partial charge in [-0.25, -0.2) is 9.18 Å². The van der Waals surface area contributed by atoms with Crippen LogP contribution in [-0.4, -0.2) is 47.5 Å². The molecule has 0 bridgehead atoms. The van der Waals surface area contributed by atoms with E-state index in [1.54, 1.807) is 31.6 Å². The fourth-order valence-electron chi connectivity index (χ4n) is 5.00. The van der Waals surface area contributed by atoms with Crippen molar-refractivity contribution in [3.63, 3.8) is 0 Å². The predicted octanol–water partition coefficient (Wildman–Crippen LogP) is 4.94. The lowest BCUT2D eigenvalue weighted by Crippen LogP contribution is -2.50. The number of carbonyl (C=O) groups is 2. The van der Waals surface area contributed by atoms with Crippen molar-refractivity contribution < 1.29 is 23.5 Å². The quantitative estimate of drug-likeness (QED) is 0.515. The molecule has 1 aromatic heterocycles. The Morgan fingerprint density at radius 1 is 1.18 bits per heavy atom. The molecule has 9 heteroatoms. The average Bonchev–Trinajstić information content (AvgIpc) is 3.32. The van der Waals surface area contributed by atoms with Crippen LogP contribution >= 0.6 is 0 Å². The molecule has 8 nitrogen and oxygen atoms in total. The van der Waals surface area contributed by atoms with Crippen LogP contribution in [0.1, 0.15) is 50.7 Å². The molecule has 1 N–H and O–H groups in total. The van der Waals surface area contributed by atoms with Crippen molar-refractivity contribution in [2.75, 3.05) is 18.6 Å². The van der Waals surface area contributed by atoms with Crippen LogP contribution in [0.3, 0.4) is 0 Å². The van der Waals surface area contributed by atoms with Crippen LogP contribution in [0.25, 0.3) is 0 Å². The summed E-state index contributed by atoms with van der Waals surface area (Å²) in [4.78, 5) is 27.6. The van der Waals surface area contributed by atoms with E-state index in [2.05, 4.69) is 24.3 Å². The van der Waals surface area contributed by atoms with E-state index in [0.717, 1.165) is 41.5 Å². The number of ether oxygens (including phenoxy) is 2. The van der Waals surface area contributed by atoms with Crippen molar-refractivity contribution in [1.82, 2.24) is 15.1 Å². The van der Waals surface area contributed by atoms with E-state index in [4.69, 9.17) is 9.47 Å². The van der Waals surface area contributed by atoms with E-state index in [1.165, 1.54) is 17.0 Å². The summed E-state index contributed by atoms with van der Waals surface area (Å²) in [6.07, 6.45) is 7.94. The Labute approximate surface area is 221 Å². The smallest absolute Gasteiger partial charge is 0.342 e. The second kappa shape index (κ2) is 10.5. The zero-order valence-electron chi connectivity index (χ0n) is 21.9. The maximum Gasteiger partial charge on any atom is 0.342 e. The Balaban J connectivity index is 1.22. The molecule has 3 aromatic rings. The van der Waals surface area contributed by atoms with Gasteiger partial charge in [0, 0.05) is 25.7 Å². The minimum Gasteiger partial charge on any atom is -0.490 e. The molecular formula is C29H33FN4O4. The molecule has 1 fully saturated rings. The van der Waals surface area contributed by atoms with Gasteiger partial charge in [-0.1, -0.05) is 26.0 Å². The van der Waals surface area contributed by atoms with Gasteiger partial charge in [0.05, 0.1) is 18.0 Å². The van der Waals surface area contributed by atoms with E-state index in [-0.39, 0.29) is 24.4 Å². The standard InChI is InChI=1S/C29H33FN4O4/c1-29(2)11-9-22(10-12-29)38-23-7-8-26-25(15-23)33(3)27(35)24(18-37-26)32-28(36)34-17-20(16-31-34)13-19-5-4-6-21(30)14-19/h4-8,14-17,22,24H,9-13,18H2,1-3H3,(H,32,36)/t24-/m0/s1. The molecule has 200 valence electrons. The number of hydrogen-bond acceptors (Lipinski definition) is 5. The van der Waals surface area contributed by atoms with Gasteiger partial charge in [0.2, 0.25) is 0 Å². The molecule has 0 saturated heterocycles. The van der Waals surface area contributed by atoms with Crippen molar-refractivity contribution in [2.24, 2.45) is 5.41 Å². The Morgan fingerprint density at radius 2 is 1.97 bits per heavy atom. The lowest BCUT2D eigenvalue weighted by Gasteiger charge is -2.34. The van der Waals surface area contributed by atoms with Gasteiger partial charge >= 0.3 is 6.03 Å². The third-order valence-electron chi connectivity index (χ3n) is 7.35. The van der Waals surface area contributed by atoms with E-state index in [1.807, 2.05) is 18.2 Å². The molecule has 0 spiro atoms. The molecule has 2 heterocycles. The monoisotopic (exact) mass is 520 g/mol. The van der Waals surface area contributed by atoms with Gasteiger partial charge in [0.15, 0.2) is 0 Å². The molecule has 38 heavy (non-hydrogen) atoms. The molecule has 0 radical (unpaired) electrons. The molecular weight excluding hydrogens is 487 g/mol. The normalized spacial score (nSPS) is 19.3. The highest BCUT2D eigenvalue weighted by atomic mass is 19.1. The molecule has 5 rings (SSSR count). The molecule has 1 atom stereocenters. The van der Waals surface area contributed by atoms with E-state index < -0.39 is 12.1 Å². The van der Waals surface area contributed by atoms with E-state index >= 15 is 0 Å². The molecule has 2 amide bonds. The maximum atomic E-state index is 13.5. The number of likely N-dealkylation sites (N-methyl/N-ethyl adjacent to an activating group) is 1. The van der Waals surface area contributed by atoms with Crippen LogP contribution in [0.5, 0.6) is 11.5 Å². The second-order valence-electron chi connectivity index (χ2n) is 10.9. The van der Waals surface area contributed by atoms with E-state index in [9.17, 15) is 14.0 Å². The van der Waals surface area contributed by atoms with Gasteiger partial charge in [-0.15, -0.1) is 0 Å². The number of hydrogen-bond donors (Lipinski definition) is 1. The highest BCUT2D eigenvalue weighted by molar-refractivity contribution is 6.00. The van der Waals surface area contributed by atoms with Gasteiger partial charge in [-0.2, -0.15) is 9.78 Å². The Kier molecular flexibility index (Phi) is 7.10. The summed E-state index contributed by atoms with van der Waals surface area (Å²) in [5.41, 5.74) is 2.46. The first-order chi connectivity index (χ1) is 18.2. The summed E-state index contributed by atoms with van der Waals surface area (Å²) in [6.45, 7) is 4.56. The van der Waals surface area contributed by atoms with Crippen LogP contribution < -0.4 is 19.7 Å². The lowest BCUT2D eigenvalue weighted by molar-refractivity contribution is -0.120. The Bertz CT molecular complexity index is 1330. The predicted molar refractivity (Wildman–Crippen MR) is 141 cm³/mol. The summed E-state index contributed by atoms with van der Waals surface area (Å²) < 4.78 is 26.8. The van der Waals surface area contributed by atoms with Crippen LogP contribution in [0.4, 0.5) is 14.9 Å². The summed E-state index contributed by atoms with van der Waals surface area (Å²) in [7, 11) is 1.66. The number of carbonyl (C=O) groups excluding carboxylic acids is 2. The highest BCUT2D eigenvalue weighted by Gasteiger charge is 2.32. The summed E-state index contributed by atoms with van der Waals surface area (Å²) in [6, 6.07) is 10.3. The number of benzene rings is 2. The molecule has 1 saturated carbocycles. The van der Waals surface area contributed by atoms with Crippen LogP contribution in [-0.2, 0) is 11.2 Å². The Morgan fingerprint density at radius 3 is 2.74 bits per heavy atom. The van der Waals surface area contributed by atoms with Gasteiger partial charge in [-0.05, 0) is 66.5 Å². The minimum atomic E-state index is -0.902. The van der Waals surface area contributed by atoms with Crippen LogP contribution in [0, 0.1) is 11.2 Å². The fraction of sp³-hybridized carbons (Fsp3) is 0.414.